The summed E-state index contributed by atoms with van der Waals surface area (Å²) in [6, 6.07) is 8.32. The summed E-state index contributed by atoms with van der Waals surface area (Å²) in [5, 5.41) is 17.2. The lowest BCUT2D eigenvalue weighted by atomic mass is 9.93. The van der Waals surface area contributed by atoms with E-state index < -0.39 is 62.1 Å². The van der Waals surface area contributed by atoms with Crippen LogP contribution in [-0.4, -0.2) is 57.1 Å². The zero-order valence-corrected chi connectivity index (χ0v) is 22.1. The number of azide groups is 1. The number of aliphatic hydroxyl groups excluding tert-OH is 1. The van der Waals surface area contributed by atoms with Crippen molar-refractivity contribution in [2.75, 3.05) is 12.3 Å². The summed E-state index contributed by atoms with van der Waals surface area (Å²) in [5.41, 5.74) is 12.2. The molecule has 1 fully saturated rings. The standard InChI is InChI=1S/C22H30N7O8P/c1-13(2)35-19(31)14(3)26-38(33,37-15-8-6-5-7-9-15)34-12-16-18(30)22(4,27-28-24)20(36-16)29-11-10-17(23)25-21(29)32/h5-11,13-14,16,18,20,30H,12H2,1-4H3,(H,26,33)(H2,23,25,32)/t14-,16+,18+,20?,22+,38?/m0/s1. The normalized spacial score (nSPS) is 25.3. The molecule has 1 aliphatic heterocycles. The van der Waals surface area contributed by atoms with Crippen molar-refractivity contribution >= 4 is 19.5 Å². The fourth-order valence-electron chi connectivity index (χ4n) is 3.69. The lowest BCUT2D eigenvalue weighted by Crippen LogP contribution is -2.45. The predicted molar refractivity (Wildman–Crippen MR) is 135 cm³/mol. The number of carbonyl (C=O) groups excluding carboxylic acids is 1. The highest BCUT2D eigenvalue weighted by atomic mass is 31.2. The Morgan fingerprint density at radius 1 is 1.37 bits per heavy atom. The van der Waals surface area contributed by atoms with E-state index in [0.717, 1.165) is 4.57 Å². The summed E-state index contributed by atoms with van der Waals surface area (Å²) in [6.07, 6.45) is -3.19. The van der Waals surface area contributed by atoms with E-state index in [9.17, 15) is 19.3 Å². The van der Waals surface area contributed by atoms with Crippen LogP contribution in [0.5, 0.6) is 5.75 Å². The van der Waals surface area contributed by atoms with Gasteiger partial charge in [-0.3, -0.25) is 13.9 Å². The molecule has 3 rings (SSSR count). The quantitative estimate of drug-likeness (QED) is 0.121. The number of nitrogens with zero attached hydrogens (tertiary/aromatic N) is 5. The number of ether oxygens (including phenoxy) is 2. The monoisotopic (exact) mass is 551 g/mol. The van der Waals surface area contributed by atoms with Gasteiger partial charge in [-0.2, -0.15) is 10.1 Å². The Hall–Kier alpha value is -3.45. The topological polar surface area (TPSA) is 213 Å². The highest BCUT2D eigenvalue weighted by Gasteiger charge is 2.55. The van der Waals surface area contributed by atoms with Crippen molar-refractivity contribution in [1.29, 1.82) is 0 Å². The van der Waals surface area contributed by atoms with Gasteiger partial charge in [-0.05, 0) is 51.4 Å². The second-order valence-electron chi connectivity index (χ2n) is 8.96. The smallest absolute Gasteiger partial charge is 0.459 e. The van der Waals surface area contributed by atoms with Crippen molar-refractivity contribution in [3.8, 4) is 5.75 Å². The number of nitrogens with two attached hydrogens (primary N) is 1. The molecule has 1 aromatic carbocycles. The molecule has 1 aromatic heterocycles. The summed E-state index contributed by atoms with van der Waals surface area (Å²) in [5.74, 6) is -0.550. The van der Waals surface area contributed by atoms with Gasteiger partial charge in [0, 0.05) is 11.1 Å². The Balaban J connectivity index is 1.86. The lowest BCUT2D eigenvalue weighted by Gasteiger charge is -2.28. The van der Waals surface area contributed by atoms with Gasteiger partial charge in [-0.25, -0.2) is 9.36 Å². The van der Waals surface area contributed by atoms with E-state index in [-0.39, 0.29) is 11.6 Å². The summed E-state index contributed by atoms with van der Waals surface area (Å²) >= 11 is 0. The second-order valence-corrected chi connectivity index (χ2v) is 10.7. The zero-order valence-electron chi connectivity index (χ0n) is 21.2. The zero-order chi connectivity index (χ0) is 28.1. The number of aromatic nitrogens is 2. The molecule has 38 heavy (non-hydrogen) atoms. The molecule has 0 radical (unpaired) electrons. The first-order valence-corrected chi connectivity index (χ1v) is 13.1. The average Bonchev–Trinajstić information content (AvgIpc) is 3.08. The molecule has 1 aliphatic rings. The van der Waals surface area contributed by atoms with Crippen molar-refractivity contribution in [2.45, 2.75) is 63.8 Å². The molecule has 0 saturated carbocycles. The van der Waals surface area contributed by atoms with E-state index in [1.807, 2.05) is 0 Å². The maximum Gasteiger partial charge on any atom is 0.459 e. The van der Waals surface area contributed by atoms with Gasteiger partial charge >= 0.3 is 19.4 Å². The van der Waals surface area contributed by atoms with Crippen molar-refractivity contribution in [3.05, 3.63) is 63.5 Å². The summed E-state index contributed by atoms with van der Waals surface area (Å²) < 4.78 is 36.9. The second kappa shape index (κ2) is 11.9. The van der Waals surface area contributed by atoms with Gasteiger partial charge in [0.1, 0.15) is 29.3 Å². The molecule has 1 saturated heterocycles. The number of benzene rings is 1. The third-order valence-corrected chi connectivity index (χ3v) is 7.20. The number of rotatable bonds is 11. The van der Waals surface area contributed by atoms with Crippen LogP contribution in [0, 0.1) is 0 Å². The van der Waals surface area contributed by atoms with Gasteiger partial charge in [-0.1, -0.05) is 23.3 Å². The van der Waals surface area contributed by atoms with Gasteiger partial charge < -0.3 is 24.8 Å². The molecule has 6 atom stereocenters. The van der Waals surface area contributed by atoms with E-state index in [1.54, 1.807) is 32.0 Å². The van der Waals surface area contributed by atoms with Crippen LogP contribution in [0.25, 0.3) is 10.4 Å². The Kier molecular flexibility index (Phi) is 9.15. The maximum atomic E-state index is 13.7. The Bertz CT molecular complexity index is 1290. The molecule has 4 N–H and O–H groups in total. The minimum absolute atomic E-state index is 0.0367. The minimum Gasteiger partial charge on any atom is -0.462 e. The number of hydrogen-bond acceptors (Lipinski definition) is 11. The van der Waals surface area contributed by atoms with Gasteiger partial charge in [0.25, 0.3) is 0 Å². The molecule has 2 heterocycles. The predicted octanol–water partition coefficient (Wildman–Crippen LogP) is 2.29. The first-order valence-electron chi connectivity index (χ1n) is 11.6. The van der Waals surface area contributed by atoms with Crippen LogP contribution in [0.15, 0.2) is 52.5 Å². The van der Waals surface area contributed by atoms with Crippen LogP contribution < -0.4 is 21.0 Å². The fourth-order valence-corrected chi connectivity index (χ4v) is 5.20. The minimum atomic E-state index is -4.28. The van der Waals surface area contributed by atoms with E-state index >= 15 is 0 Å². The molecule has 0 bridgehead atoms. The highest BCUT2D eigenvalue weighted by molar-refractivity contribution is 7.52. The third-order valence-electron chi connectivity index (χ3n) is 5.55. The van der Waals surface area contributed by atoms with Gasteiger partial charge in [0.2, 0.25) is 0 Å². The first kappa shape index (κ1) is 29.1. The number of anilines is 1. The van der Waals surface area contributed by atoms with Crippen LogP contribution in [0.3, 0.4) is 0 Å². The van der Waals surface area contributed by atoms with Crippen molar-refractivity contribution in [1.82, 2.24) is 14.6 Å². The average molecular weight is 551 g/mol. The lowest BCUT2D eigenvalue weighted by molar-refractivity contribution is -0.149. The van der Waals surface area contributed by atoms with Crippen molar-refractivity contribution in [2.24, 2.45) is 5.11 Å². The number of nitrogens with one attached hydrogen (secondary N) is 1. The third kappa shape index (κ3) is 6.70. The number of esters is 1. The van der Waals surface area contributed by atoms with Gasteiger partial charge in [0.05, 0.1) is 18.8 Å². The van der Waals surface area contributed by atoms with Crippen LogP contribution in [0.2, 0.25) is 0 Å². The van der Waals surface area contributed by atoms with E-state index in [4.69, 9.17) is 29.8 Å². The number of nitrogen functional groups attached to an aromatic ring is 1. The largest absolute Gasteiger partial charge is 0.462 e. The summed E-state index contributed by atoms with van der Waals surface area (Å²) in [7, 11) is -4.28. The molecular weight excluding hydrogens is 521 g/mol. The molecular formula is C22H30N7O8P. The molecule has 16 heteroatoms. The molecule has 15 nitrogen and oxygen atoms in total. The number of carbonyl (C=O) groups is 1. The maximum absolute atomic E-state index is 13.7. The molecule has 0 amide bonds. The first-order chi connectivity index (χ1) is 17.9. The summed E-state index contributed by atoms with van der Waals surface area (Å²) in [4.78, 5) is 31.2. The number of hydrogen-bond donors (Lipinski definition) is 3. The Labute approximate surface area is 218 Å². The number of para-hydroxylation sites is 1. The molecule has 206 valence electrons. The fraction of sp³-hybridized carbons (Fsp3) is 0.500. The van der Waals surface area contributed by atoms with Crippen LogP contribution in [-0.2, 0) is 23.4 Å². The van der Waals surface area contributed by atoms with Crippen LogP contribution in [0.4, 0.5) is 5.82 Å². The van der Waals surface area contributed by atoms with Gasteiger partial charge in [-0.15, -0.1) is 0 Å². The Morgan fingerprint density at radius 3 is 2.66 bits per heavy atom. The molecule has 2 unspecified atom stereocenters. The van der Waals surface area contributed by atoms with Crippen LogP contribution in [0.1, 0.15) is 33.9 Å². The van der Waals surface area contributed by atoms with E-state index in [1.165, 1.54) is 38.2 Å². The number of aliphatic hydroxyl groups is 1. The SMILES string of the molecule is CC(C)OC(=O)[C@H](C)NP(=O)(OC[C@H]1OC(n2ccc(N)nc2=O)[C@](C)(N=[N+]=[N-])[C@@H]1O)Oc1ccccc1. The molecule has 0 aliphatic carbocycles. The van der Waals surface area contributed by atoms with E-state index in [0.29, 0.717) is 0 Å². The highest BCUT2D eigenvalue weighted by Crippen LogP contribution is 2.47. The Morgan fingerprint density at radius 2 is 2.05 bits per heavy atom. The van der Waals surface area contributed by atoms with Gasteiger partial charge in [0.15, 0.2) is 6.23 Å². The van der Waals surface area contributed by atoms with Crippen LogP contribution >= 0.6 is 7.75 Å². The van der Waals surface area contributed by atoms with Crippen molar-refractivity contribution < 1.29 is 33.0 Å². The molecule has 2 aromatic rings. The van der Waals surface area contributed by atoms with Crippen molar-refractivity contribution in [3.63, 3.8) is 0 Å². The molecule has 0 spiro atoms. The van der Waals surface area contributed by atoms with E-state index in [2.05, 4.69) is 20.1 Å². The summed E-state index contributed by atoms with van der Waals surface area (Å²) in [6.45, 7) is 5.59.